The van der Waals surface area contributed by atoms with Crippen molar-refractivity contribution in [1.82, 2.24) is 10.6 Å². The second kappa shape index (κ2) is 19.6. The molecule has 2 aliphatic rings. The fourth-order valence-corrected chi connectivity index (χ4v) is 7.14. The summed E-state index contributed by atoms with van der Waals surface area (Å²) in [6.07, 6.45) is 6.02. The summed E-state index contributed by atoms with van der Waals surface area (Å²) in [5.41, 5.74) is 5.62. The van der Waals surface area contributed by atoms with E-state index in [-0.39, 0.29) is 35.5 Å². The van der Waals surface area contributed by atoms with Crippen LogP contribution in [0.5, 0.6) is 0 Å². The molecule has 4 aromatic carbocycles. The third kappa shape index (κ3) is 10.1. The molecule has 52 heavy (non-hydrogen) atoms. The van der Waals surface area contributed by atoms with Gasteiger partial charge in [-0.15, -0.1) is 0 Å². The van der Waals surface area contributed by atoms with Crippen molar-refractivity contribution in [3.63, 3.8) is 0 Å². The molecule has 2 amide bonds. The van der Waals surface area contributed by atoms with E-state index in [1.54, 1.807) is 0 Å². The minimum atomic E-state index is -0.706. The van der Waals surface area contributed by atoms with Gasteiger partial charge in [-0.25, -0.2) is 9.59 Å². The number of nitrogens with one attached hydrogen (secondary N) is 2. The monoisotopic (exact) mass is 706 g/mol. The molecule has 2 N–H and O–H groups in total. The predicted octanol–water partition coefficient (Wildman–Crippen LogP) is 7.61. The van der Waals surface area contributed by atoms with Crippen LogP contribution >= 0.6 is 0 Å². The van der Waals surface area contributed by atoms with Crippen LogP contribution < -0.4 is 10.6 Å². The molecule has 8 nitrogen and oxygen atoms in total. The van der Waals surface area contributed by atoms with Gasteiger partial charge in [0.05, 0.1) is 26.1 Å². The summed E-state index contributed by atoms with van der Waals surface area (Å²) in [4.78, 5) is 49.8. The van der Waals surface area contributed by atoms with Crippen LogP contribution in [0.1, 0.15) is 93.0 Å². The number of hydrogen-bond acceptors (Lipinski definition) is 6. The molecule has 8 heteroatoms. The van der Waals surface area contributed by atoms with Crippen LogP contribution in [-0.2, 0) is 47.9 Å². The van der Waals surface area contributed by atoms with Crippen LogP contribution in [0.2, 0.25) is 0 Å². The molecule has 0 heterocycles. The smallest absolute Gasteiger partial charge is 0.328 e. The standard InChI is InChI=1S/C25H25NO3.C17H23NO3.C2H6/c1-29-25(28)23(16-17-13-14-18-7-2-3-9-20(18)15-17)26-24(27)22-12-6-10-19-8-4-5-11-21(19)22;1-11(2)15(17(20)21-3)18-16(19)14-10-6-8-12-7-4-5-9-13(12)14;1-2/h2-5,7-9,11,13-15,22-23H,6,10,12,16H2,1H3,(H,26,27);4-5,7,9,11,14-15H,6,8,10H2,1-3H3,(H,18,19);1-2H3/t22?,23-;14-,15?;/m00./s1. The lowest BCUT2D eigenvalue weighted by atomic mass is 9.82. The first-order chi connectivity index (χ1) is 25.2. The van der Waals surface area contributed by atoms with Crippen LogP contribution in [0.25, 0.3) is 10.8 Å². The fourth-order valence-electron chi connectivity index (χ4n) is 7.14. The number of carbonyl (C=O) groups excluding carboxylic acids is 4. The molecule has 4 atom stereocenters. The van der Waals surface area contributed by atoms with Crippen LogP contribution in [0, 0.1) is 5.92 Å². The highest BCUT2D eigenvalue weighted by molar-refractivity contribution is 5.90. The van der Waals surface area contributed by atoms with Crippen molar-refractivity contribution in [1.29, 1.82) is 0 Å². The Morgan fingerprint density at radius 1 is 0.654 bits per heavy atom. The second-order valence-electron chi connectivity index (χ2n) is 13.5. The number of methoxy groups -OCH3 is 2. The van der Waals surface area contributed by atoms with Gasteiger partial charge in [0.25, 0.3) is 0 Å². The summed E-state index contributed by atoms with van der Waals surface area (Å²) in [6, 6.07) is 29.1. The van der Waals surface area contributed by atoms with Crippen LogP contribution in [0.4, 0.5) is 0 Å². The zero-order valence-corrected chi connectivity index (χ0v) is 31.4. The number of aryl methyl sites for hydroxylation is 2. The third-order valence-electron chi connectivity index (χ3n) is 9.85. The van der Waals surface area contributed by atoms with E-state index in [9.17, 15) is 19.2 Å². The number of carbonyl (C=O) groups is 4. The Bertz CT molecular complexity index is 1820. The average Bonchev–Trinajstić information content (AvgIpc) is 3.19. The number of rotatable bonds is 9. The number of esters is 2. The molecule has 0 aliphatic heterocycles. The lowest BCUT2D eigenvalue weighted by Gasteiger charge is -2.27. The van der Waals surface area contributed by atoms with E-state index in [2.05, 4.69) is 34.9 Å². The van der Waals surface area contributed by atoms with Crippen molar-refractivity contribution in [2.75, 3.05) is 14.2 Å². The lowest BCUT2D eigenvalue weighted by molar-refractivity contribution is -0.146. The molecule has 2 unspecified atom stereocenters. The Morgan fingerprint density at radius 3 is 1.69 bits per heavy atom. The van der Waals surface area contributed by atoms with Gasteiger partial charge < -0.3 is 20.1 Å². The summed E-state index contributed by atoms with van der Waals surface area (Å²) in [6.45, 7) is 7.80. The molecule has 0 bridgehead atoms. The topological polar surface area (TPSA) is 111 Å². The van der Waals surface area contributed by atoms with Gasteiger partial charge in [0, 0.05) is 6.42 Å². The van der Waals surface area contributed by atoms with Gasteiger partial charge in [0.2, 0.25) is 11.8 Å². The number of amides is 2. The number of ether oxygens (including phenoxy) is 2. The number of benzene rings is 4. The zero-order valence-electron chi connectivity index (χ0n) is 31.4. The van der Waals surface area contributed by atoms with Crippen molar-refractivity contribution < 1.29 is 28.7 Å². The van der Waals surface area contributed by atoms with Gasteiger partial charge in [-0.1, -0.05) is 119 Å². The molecule has 6 rings (SSSR count). The highest BCUT2D eigenvalue weighted by Gasteiger charge is 2.32. The maximum absolute atomic E-state index is 13.1. The number of hydrogen-bond donors (Lipinski definition) is 2. The molecule has 0 saturated heterocycles. The Kier molecular flexibility index (Phi) is 15.0. The van der Waals surface area contributed by atoms with Crippen molar-refractivity contribution in [2.45, 2.75) is 96.6 Å². The largest absolute Gasteiger partial charge is 0.467 e. The van der Waals surface area contributed by atoms with Crippen molar-refractivity contribution in [2.24, 2.45) is 5.92 Å². The third-order valence-corrected chi connectivity index (χ3v) is 9.85. The summed E-state index contributed by atoms with van der Waals surface area (Å²) < 4.78 is 9.75. The van der Waals surface area contributed by atoms with Crippen molar-refractivity contribution in [3.05, 3.63) is 119 Å². The van der Waals surface area contributed by atoms with Gasteiger partial charge in [-0.2, -0.15) is 0 Å². The fraction of sp³-hybridized carbons (Fsp3) is 0.409. The van der Waals surface area contributed by atoms with Crippen LogP contribution in [0.15, 0.2) is 91.0 Å². The van der Waals surface area contributed by atoms with E-state index in [4.69, 9.17) is 9.47 Å². The highest BCUT2D eigenvalue weighted by Crippen LogP contribution is 2.33. The van der Waals surface area contributed by atoms with Gasteiger partial charge in [0.15, 0.2) is 0 Å². The van der Waals surface area contributed by atoms with Crippen molar-refractivity contribution >= 4 is 34.5 Å². The molecular weight excluding hydrogens is 652 g/mol. The molecule has 0 spiro atoms. The molecule has 0 saturated carbocycles. The van der Waals surface area contributed by atoms with E-state index in [1.165, 1.54) is 25.3 Å². The highest BCUT2D eigenvalue weighted by atomic mass is 16.5. The Morgan fingerprint density at radius 2 is 1.15 bits per heavy atom. The quantitative estimate of drug-likeness (QED) is 0.174. The molecule has 4 aromatic rings. The predicted molar refractivity (Wildman–Crippen MR) is 206 cm³/mol. The molecule has 0 fully saturated rings. The Labute approximate surface area is 308 Å². The second-order valence-corrected chi connectivity index (χ2v) is 13.5. The normalized spacial score (nSPS) is 17.0. The number of fused-ring (bicyclic) bond motifs is 3. The molecule has 0 radical (unpaired) electrons. The van der Waals surface area contributed by atoms with Crippen LogP contribution in [-0.4, -0.2) is 50.1 Å². The molecule has 276 valence electrons. The zero-order chi connectivity index (χ0) is 37.6. The summed E-state index contributed by atoms with van der Waals surface area (Å²) in [7, 11) is 2.71. The van der Waals surface area contributed by atoms with Crippen LogP contribution in [0.3, 0.4) is 0 Å². The maximum atomic E-state index is 13.1. The minimum Gasteiger partial charge on any atom is -0.467 e. The molecule has 2 aliphatic carbocycles. The van der Waals surface area contributed by atoms with Gasteiger partial charge in [-0.3, -0.25) is 9.59 Å². The first-order valence-corrected chi connectivity index (χ1v) is 18.6. The molecular formula is C44H54N2O6. The van der Waals surface area contributed by atoms with Gasteiger partial charge in [0.1, 0.15) is 12.1 Å². The summed E-state index contributed by atoms with van der Waals surface area (Å²) >= 11 is 0. The van der Waals surface area contributed by atoms with Gasteiger partial charge >= 0.3 is 11.9 Å². The first kappa shape index (κ1) is 39.8. The summed E-state index contributed by atoms with van der Waals surface area (Å²) in [5.74, 6) is -1.37. The minimum absolute atomic E-state index is 0.000217. The van der Waals surface area contributed by atoms with E-state index >= 15 is 0 Å². The first-order valence-electron chi connectivity index (χ1n) is 18.6. The Hall–Kier alpha value is -4.98. The average molecular weight is 707 g/mol. The van der Waals surface area contributed by atoms with E-state index in [0.29, 0.717) is 6.42 Å². The Balaban J connectivity index is 0.000000233. The SMILES string of the molecule is CC.COC(=O)C(NC(=O)[C@H]1CCCc2ccccc21)C(C)C.COC(=O)[C@H](Cc1ccc2ccccc2c1)NC(=O)C1CCCc2ccccc21. The summed E-state index contributed by atoms with van der Waals surface area (Å²) in [5, 5.41) is 8.08. The van der Waals surface area contributed by atoms with E-state index < -0.39 is 18.1 Å². The van der Waals surface area contributed by atoms with Crippen molar-refractivity contribution in [3.8, 4) is 0 Å². The molecule has 0 aromatic heterocycles. The van der Waals surface area contributed by atoms with E-state index in [0.717, 1.165) is 66.0 Å². The van der Waals surface area contributed by atoms with Gasteiger partial charge in [-0.05, 0) is 83.0 Å². The van der Waals surface area contributed by atoms with E-state index in [1.807, 2.05) is 94.4 Å². The lowest BCUT2D eigenvalue weighted by Crippen LogP contribution is -2.47. The maximum Gasteiger partial charge on any atom is 0.328 e.